The van der Waals surface area contributed by atoms with Gasteiger partial charge in [0.05, 0.1) is 26.5 Å². The lowest BCUT2D eigenvalue weighted by Gasteiger charge is -2.13. The molecule has 1 aromatic carbocycles. The van der Waals surface area contributed by atoms with Gasteiger partial charge in [0.1, 0.15) is 0 Å². The van der Waals surface area contributed by atoms with Crippen LogP contribution in [0.15, 0.2) is 22.7 Å². The number of hydrogen-bond acceptors (Lipinski definition) is 5. The largest absolute Gasteiger partial charge is 0.493 e. The first-order valence-electron chi connectivity index (χ1n) is 7.59. The van der Waals surface area contributed by atoms with Gasteiger partial charge in [-0.15, -0.1) is 0 Å². The average molecular weight is 339 g/mol. The molecule has 1 N–H and O–H groups in total. The molecule has 0 fully saturated rings. The topological polar surface area (TPSA) is 56.5 Å². The summed E-state index contributed by atoms with van der Waals surface area (Å²) >= 11 is 6.11. The number of rotatable bonds is 8. The van der Waals surface area contributed by atoms with E-state index in [1.807, 2.05) is 12.1 Å². The molecule has 0 unspecified atom stereocenters. The van der Waals surface area contributed by atoms with Gasteiger partial charge in [0.15, 0.2) is 17.3 Å². The molecule has 0 amide bonds. The van der Waals surface area contributed by atoms with Gasteiger partial charge in [0, 0.05) is 29.3 Å². The number of ether oxygens (including phenoxy) is 2. The summed E-state index contributed by atoms with van der Waals surface area (Å²) < 4.78 is 16.0. The van der Waals surface area contributed by atoms with Crippen LogP contribution >= 0.6 is 11.6 Å². The zero-order chi connectivity index (χ0) is 16.8. The van der Waals surface area contributed by atoms with Crippen molar-refractivity contribution < 1.29 is 14.0 Å². The van der Waals surface area contributed by atoms with Crippen molar-refractivity contribution >= 4 is 11.6 Å². The van der Waals surface area contributed by atoms with Crippen molar-refractivity contribution in [3.63, 3.8) is 0 Å². The van der Waals surface area contributed by atoms with Gasteiger partial charge in [-0.2, -0.15) is 0 Å². The van der Waals surface area contributed by atoms with Crippen molar-refractivity contribution in [1.29, 1.82) is 0 Å². The number of nitrogens with one attached hydrogen (secondary N) is 1. The van der Waals surface area contributed by atoms with E-state index in [2.05, 4.69) is 24.3 Å². The molecule has 0 radical (unpaired) electrons. The van der Waals surface area contributed by atoms with Gasteiger partial charge < -0.3 is 19.3 Å². The van der Waals surface area contributed by atoms with Crippen LogP contribution in [-0.2, 0) is 19.5 Å². The number of aromatic nitrogens is 1. The maximum Gasteiger partial charge on any atom is 0.165 e. The molecule has 23 heavy (non-hydrogen) atoms. The third kappa shape index (κ3) is 4.88. The Bertz CT molecular complexity index is 641. The average Bonchev–Trinajstić information content (AvgIpc) is 2.93. The summed E-state index contributed by atoms with van der Waals surface area (Å²) in [4.78, 5) is 0. The van der Waals surface area contributed by atoms with E-state index < -0.39 is 0 Å². The molecular weight excluding hydrogens is 316 g/mol. The molecule has 0 saturated carbocycles. The molecule has 0 spiro atoms. The second-order valence-corrected chi connectivity index (χ2v) is 6.22. The Balaban J connectivity index is 1.98. The van der Waals surface area contributed by atoms with E-state index in [0.717, 1.165) is 23.4 Å². The summed E-state index contributed by atoms with van der Waals surface area (Å²) in [6, 6.07) is 5.59. The highest BCUT2D eigenvalue weighted by Gasteiger charge is 2.12. The van der Waals surface area contributed by atoms with E-state index in [4.69, 9.17) is 25.6 Å². The molecule has 2 rings (SSSR count). The maximum absolute atomic E-state index is 6.11. The molecular formula is C17H23ClN2O3. The molecule has 0 bridgehead atoms. The van der Waals surface area contributed by atoms with E-state index in [-0.39, 0.29) is 0 Å². The van der Waals surface area contributed by atoms with E-state index in [0.29, 0.717) is 35.5 Å². The van der Waals surface area contributed by atoms with Crippen LogP contribution in [0, 0.1) is 5.92 Å². The minimum Gasteiger partial charge on any atom is -0.493 e. The van der Waals surface area contributed by atoms with Gasteiger partial charge in [-0.25, -0.2) is 0 Å². The van der Waals surface area contributed by atoms with E-state index in [9.17, 15) is 0 Å². The number of benzene rings is 1. The van der Waals surface area contributed by atoms with Crippen molar-refractivity contribution in [2.45, 2.75) is 33.4 Å². The zero-order valence-corrected chi connectivity index (χ0v) is 14.7. The molecule has 2 aromatic rings. The number of hydrogen-bond donors (Lipinski definition) is 1. The quantitative estimate of drug-likeness (QED) is 0.792. The number of halogens is 1. The third-order valence-corrected chi connectivity index (χ3v) is 3.58. The lowest BCUT2D eigenvalue weighted by Crippen LogP contribution is -2.13. The molecule has 0 aliphatic carbocycles. The number of nitrogens with zero attached hydrogens (tertiary/aromatic N) is 1. The first-order chi connectivity index (χ1) is 11.0. The smallest absolute Gasteiger partial charge is 0.165 e. The van der Waals surface area contributed by atoms with E-state index in [1.165, 1.54) is 0 Å². The van der Waals surface area contributed by atoms with Crippen LogP contribution in [0.25, 0.3) is 0 Å². The highest BCUT2D eigenvalue weighted by molar-refractivity contribution is 6.30. The Hall–Kier alpha value is -1.72. The highest BCUT2D eigenvalue weighted by Crippen LogP contribution is 2.34. The van der Waals surface area contributed by atoms with Gasteiger partial charge >= 0.3 is 0 Å². The lowest BCUT2D eigenvalue weighted by atomic mass is 10.1. The first kappa shape index (κ1) is 17.6. The van der Waals surface area contributed by atoms with Crippen molar-refractivity contribution in [2.24, 2.45) is 5.92 Å². The molecule has 0 saturated heterocycles. The van der Waals surface area contributed by atoms with E-state index >= 15 is 0 Å². The Morgan fingerprint density at radius 2 is 1.96 bits per heavy atom. The normalized spacial score (nSPS) is 11.0. The van der Waals surface area contributed by atoms with Crippen LogP contribution in [0.4, 0.5) is 0 Å². The van der Waals surface area contributed by atoms with Crippen LogP contribution in [-0.4, -0.2) is 19.4 Å². The van der Waals surface area contributed by atoms with Crippen LogP contribution in [0.1, 0.15) is 30.9 Å². The fraction of sp³-hybridized carbons (Fsp3) is 0.471. The molecule has 1 heterocycles. The molecule has 0 aliphatic rings. The van der Waals surface area contributed by atoms with Crippen molar-refractivity contribution in [1.82, 2.24) is 10.5 Å². The second-order valence-electron chi connectivity index (χ2n) is 5.79. The predicted molar refractivity (Wildman–Crippen MR) is 90.1 cm³/mol. The standard InChI is InChI=1S/C17H23ClN2O3/c1-11(2)5-14-8-15(23-20-14)10-19-9-12-6-13(18)7-16(21-3)17(12)22-4/h6-8,11,19H,5,9-10H2,1-4H3. The highest BCUT2D eigenvalue weighted by atomic mass is 35.5. The SMILES string of the molecule is COc1cc(Cl)cc(CNCc2cc(CC(C)C)no2)c1OC. The monoisotopic (exact) mass is 338 g/mol. The van der Waals surface area contributed by atoms with Gasteiger partial charge in [-0.1, -0.05) is 30.6 Å². The molecule has 1 aromatic heterocycles. The lowest BCUT2D eigenvalue weighted by molar-refractivity contribution is 0.348. The Morgan fingerprint density at radius 3 is 2.61 bits per heavy atom. The second kappa shape index (κ2) is 8.22. The van der Waals surface area contributed by atoms with Gasteiger partial charge in [-0.05, 0) is 18.4 Å². The summed E-state index contributed by atoms with van der Waals surface area (Å²) in [5.41, 5.74) is 1.91. The molecule has 6 heteroatoms. The van der Waals surface area contributed by atoms with Crippen LogP contribution in [0.3, 0.4) is 0 Å². The van der Waals surface area contributed by atoms with Crippen LogP contribution < -0.4 is 14.8 Å². The Labute approximate surface area is 141 Å². The van der Waals surface area contributed by atoms with E-state index in [1.54, 1.807) is 20.3 Å². The predicted octanol–water partition coefficient (Wildman–Crippen LogP) is 3.83. The first-order valence-corrected chi connectivity index (χ1v) is 7.96. The maximum atomic E-state index is 6.11. The fourth-order valence-corrected chi connectivity index (χ4v) is 2.64. The minimum absolute atomic E-state index is 0.559. The van der Waals surface area contributed by atoms with Gasteiger partial charge in [0.25, 0.3) is 0 Å². The molecule has 0 aliphatic heterocycles. The summed E-state index contributed by atoms with van der Waals surface area (Å²) in [7, 11) is 3.21. The summed E-state index contributed by atoms with van der Waals surface area (Å²) in [5.74, 6) is 2.68. The van der Waals surface area contributed by atoms with Crippen molar-refractivity contribution in [3.8, 4) is 11.5 Å². The fourth-order valence-electron chi connectivity index (χ4n) is 2.41. The Morgan fingerprint density at radius 1 is 1.17 bits per heavy atom. The van der Waals surface area contributed by atoms with Gasteiger partial charge in [0.2, 0.25) is 0 Å². The summed E-state index contributed by atoms with van der Waals surface area (Å²) in [5, 5.41) is 8.00. The molecule has 5 nitrogen and oxygen atoms in total. The van der Waals surface area contributed by atoms with Crippen LogP contribution in [0.5, 0.6) is 11.5 Å². The van der Waals surface area contributed by atoms with Crippen molar-refractivity contribution in [3.05, 3.63) is 40.2 Å². The van der Waals surface area contributed by atoms with Gasteiger partial charge in [-0.3, -0.25) is 0 Å². The third-order valence-electron chi connectivity index (χ3n) is 3.36. The molecule has 0 atom stereocenters. The molecule has 126 valence electrons. The zero-order valence-electron chi connectivity index (χ0n) is 14.0. The summed E-state index contributed by atoms with van der Waals surface area (Å²) in [6.45, 7) is 5.49. The number of methoxy groups -OCH3 is 2. The van der Waals surface area contributed by atoms with Crippen LogP contribution in [0.2, 0.25) is 5.02 Å². The van der Waals surface area contributed by atoms with Crippen molar-refractivity contribution in [2.75, 3.05) is 14.2 Å². The Kier molecular flexibility index (Phi) is 6.30. The summed E-state index contributed by atoms with van der Waals surface area (Å²) in [6.07, 6.45) is 0.919. The minimum atomic E-state index is 0.559.